The molecule has 11 heteroatoms. The predicted molar refractivity (Wildman–Crippen MR) is 142 cm³/mol. The number of likely N-dealkylation sites (tertiary alicyclic amines) is 1. The minimum Gasteiger partial charge on any atom is -0.496 e. The number of amides is 2. The predicted octanol–water partition coefficient (Wildman–Crippen LogP) is 3.53. The van der Waals surface area contributed by atoms with Crippen molar-refractivity contribution in [3.05, 3.63) is 27.9 Å². The molecular weight excluding hydrogens is 533 g/mol. The molecule has 2 heterocycles. The van der Waals surface area contributed by atoms with Gasteiger partial charge in [-0.05, 0) is 50.0 Å². The zero-order valence-electron chi connectivity index (χ0n) is 21.1. The topological polar surface area (TPSA) is 129 Å². The van der Waals surface area contributed by atoms with Gasteiger partial charge in [0.1, 0.15) is 29.9 Å². The number of ether oxygens (including phenoxy) is 1. The molecule has 1 aromatic heterocycles. The van der Waals surface area contributed by atoms with Crippen molar-refractivity contribution in [2.24, 2.45) is 17.8 Å². The zero-order valence-corrected chi connectivity index (χ0v) is 22.6. The molecule has 5 atom stereocenters. The van der Waals surface area contributed by atoms with Crippen LogP contribution < -0.4 is 10.1 Å². The number of aliphatic hydroxyl groups is 1. The van der Waals surface area contributed by atoms with Gasteiger partial charge in [-0.15, -0.1) is 0 Å². The van der Waals surface area contributed by atoms with E-state index in [9.17, 15) is 24.3 Å². The molecule has 2 saturated carbocycles. The van der Waals surface area contributed by atoms with Crippen LogP contribution in [-0.4, -0.2) is 70.7 Å². The summed E-state index contributed by atoms with van der Waals surface area (Å²) in [5.41, 5.74) is 0.717. The molecule has 0 radical (unpaired) electrons. The average Bonchev–Trinajstić information content (AvgIpc) is 3.69. The van der Waals surface area contributed by atoms with Gasteiger partial charge in [-0.1, -0.05) is 29.6 Å². The highest BCUT2D eigenvalue weighted by Crippen LogP contribution is 2.44. The molecule has 5 rings (SSSR count). The molecule has 3 aliphatic rings. The maximum Gasteiger partial charge on any atom is 0.271 e. The smallest absolute Gasteiger partial charge is 0.271 e. The van der Waals surface area contributed by atoms with Crippen molar-refractivity contribution in [1.82, 2.24) is 15.2 Å². The molecule has 9 nitrogen and oxygen atoms in total. The van der Waals surface area contributed by atoms with Crippen LogP contribution >= 0.6 is 23.2 Å². The van der Waals surface area contributed by atoms with Crippen LogP contribution in [0.3, 0.4) is 0 Å². The van der Waals surface area contributed by atoms with E-state index in [2.05, 4.69) is 10.3 Å². The number of carbonyl (C=O) groups excluding carboxylic acids is 4. The quantitative estimate of drug-likeness (QED) is 0.450. The first-order valence-electron chi connectivity index (χ1n) is 13.1. The van der Waals surface area contributed by atoms with Gasteiger partial charge < -0.3 is 25.0 Å². The van der Waals surface area contributed by atoms with E-state index in [1.165, 1.54) is 7.11 Å². The number of nitrogens with one attached hydrogen (secondary N) is 2. The van der Waals surface area contributed by atoms with Gasteiger partial charge in [0.05, 0.1) is 28.7 Å². The van der Waals surface area contributed by atoms with Crippen molar-refractivity contribution in [2.75, 3.05) is 20.3 Å². The van der Waals surface area contributed by atoms with Gasteiger partial charge in [-0.25, -0.2) is 0 Å². The van der Waals surface area contributed by atoms with Gasteiger partial charge in [-0.3, -0.25) is 19.2 Å². The fourth-order valence-corrected chi connectivity index (χ4v) is 6.94. The summed E-state index contributed by atoms with van der Waals surface area (Å²) in [6.07, 6.45) is 4.74. The van der Waals surface area contributed by atoms with Crippen molar-refractivity contribution < 1.29 is 29.0 Å². The molecule has 3 N–H and O–H groups in total. The normalized spacial score (nSPS) is 25.6. The Kier molecular flexibility index (Phi) is 7.71. The lowest BCUT2D eigenvalue weighted by atomic mass is 9.91. The number of rotatable bonds is 8. The van der Waals surface area contributed by atoms with Gasteiger partial charge in [-0.2, -0.15) is 0 Å². The first kappa shape index (κ1) is 27.0. The van der Waals surface area contributed by atoms with E-state index in [4.69, 9.17) is 27.9 Å². The molecule has 1 saturated heterocycles. The third-order valence-electron chi connectivity index (χ3n) is 8.45. The number of ketones is 2. The van der Waals surface area contributed by atoms with E-state index in [-0.39, 0.29) is 51.6 Å². The number of halogens is 2. The molecule has 3 fully saturated rings. The SMILES string of the molecule is COc1cc(Cl)c(Cl)c2[nH]c(C(=O)N3C[C@@H]4CCC[C@@H]4[C@H]3C(=O)N[C@@H](C[C@@H]3CCCC3=O)C(=O)CO)cc12. The van der Waals surface area contributed by atoms with E-state index in [0.717, 1.165) is 25.7 Å². The first-order chi connectivity index (χ1) is 18.2. The number of nitrogens with zero attached hydrogens (tertiary/aromatic N) is 1. The van der Waals surface area contributed by atoms with Crippen LogP contribution in [0.1, 0.15) is 55.4 Å². The molecule has 0 spiro atoms. The molecule has 0 bridgehead atoms. The fourth-order valence-electron chi connectivity index (χ4n) is 6.55. The molecule has 2 aliphatic carbocycles. The van der Waals surface area contributed by atoms with Crippen molar-refractivity contribution in [1.29, 1.82) is 0 Å². The highest BCUT2D eigenvalue weighted by Gasteiger charge is 2.50. The molecule has 1 aromatic carbocycles. The lowest BCUT2D eigenvalue weighted by molar-refractivity contribution is -0.133. The molecule has 1 aliphatic heterocycles. The zero-order chi connectivity index (χ0) is 27.1. The number of carbonyl (C=O) groups is 4. The summed E-state index contributed by atoms with van der Waals surface area (Å²) >= 11 is 12.6. The van der Waals surface area contributed by atoms with Gasteiger partial charge >= 0.3 is 0 Å². The number of methoxy groups -OCH3 is 1. The number of aliphatic hydroxyl groups excluding tert-OH is 1. The summed E-state index contributed by atoms with van der Waals surface area (Å²) in [6.45, 7) is -0.312. The van der Waals surface area contributed by atoms with Crippen LogP contribution in [0, 0.1) is 17.8 Å². The van der Waals surface area contributed by atoms with Gasteiger partial charge in [0.15, 0.2) is 5.78 Å². The van der Waals surface area contributed by atoms with E-state index < -0.39 is 30.4 Å². The number of hydrogen-bond donors (Lipinski definition) is 3. The highest BCUT2D eigenvalue weighted by atomic mass is 35.5. The number of Topliss-reactive ketones (excluding diaryl/α,β-unsaturated/α-hetero) is 2. The minimum atomic E-state index is -0.977. The molecule has 38 heavy (non-hydrogen) atoms. The highest BCUT2D eigenvalue weighted by molar-refractivity contribution is 6.45. The van der Waals surface area contributed by atoms with E-state index in [1.54, 1.807) is 17.0 Å². The summed E-state index contributed by atoms with van der Waals surface area (Å²) in [5, 5.41) is 13.5. The van der Waals surface area contributed by atoms with Crippen LogP contribution in [-0.2, 0) is 14.4 Å². The van der Waals surface area contributed by atoms with Crippen LogP contribution in [0.15, 0.2) is 12.1 Å². The standard InChI is InChI=1S/C27H31Cl2N3O6/c1-38-22-10-17(28)23(29)24-16(22)9-19(30-24)27(37)32-11-14-5-2-6-15(14)25(32)26(36)31-18(21(35)12-33)8-13-4-3-7-20(13)34/h9-10,13-15,18,25,30,33H,2-8,11-12H2,1H3,(H,31,36)/t13-,14-,15-,18-,25-/m0/s1. The summed E-state index contributed by atoms with van der Waals surface area (Å²) in [5.74, 6) is -0.953. The monoisotopic (exact) mass is 563 g/mol. The Morgan fingerprint density at radius 1 is 1.21 bits per heavy atom. The Morgan fingerprint density at radius 2 is 2.00 bits per heavy atom. The van der Waals surface area contributed by atoms with Crippen molar-refractivity contribution in [2.45, 2.75) is 57.0 Å². The van der Waals surface area contributed by atoms with Crippen LogP contribution in [0.4, 0.5) is 0 Å². The molecule has 0 unspecified atom stereocenters. The number of aromatic amines is 1. The lowest BCUT2D eigenvalue weighted by Crippen LogP contribution is -2.53. The second-order valence-electron chi connectivity index (χ2n) is 10.6. The van der Waals surface area contributed by atoms with Gasteiger partial charge in [0.2, 0.25) is 5.91 Å². The van der Waals surface area contributed by atoms with Gasteiger partial charge in [0, 0.05) is 30.3 Å². The van der Waals surface area contributed by atoms with E-state index >= 15 is 0 Å². The van der Waals surface area contributed by atoms with Crippen molar-refractivity contribution in [3.63, 3.8) is 0 Å². The molecular formula is C27H31Cl2N3O6. The maximum absolute atomic E-state index is 13.8. The third-order valence-corrected chi connectivity index (χ3v) is 9.24. The molecule has 2 aromatic rings. The van der Waals surface area contributed by atoms with Crippen LogP contribution in [0.25, 0.3) is 10.9 Å². The Balaban J connectivity index is 1.42. The minimum absolute atomic E-state index is 0.0334. The van der Waals surface area contributed by atoms with E-state index in [0.29, 0.717) is 36.0 Å². The van der Waals surface area contributed by atoms with Crippen molar-refractivity contribution in [3.8, 4) is 5.75 Å². The number of H-pyrrole nitrogens is 1. The summed E-state index contributed by atoms with van der Waals surface area (Å²) in [7, 11) is 1.50. The molecule has 2 amide bonds. The average molecular weight is 564 g/mol. The third kappa shape index (κ3) is 4.80. The fraction of sp³-hybridized carbons (Fsp3) is 0.556. The largest absolute Gasteiger partial charge is 0.496 e. The Bertz CT molecular complexity index is 1290. The maximum atomic E-state index is 13.8. The van der Waals surface area contributed by atoms with E-state index in [1.807, 2.05) is 0 Å². The van der Waals surface area contributed by atoms with Crippen molar-refractivity contribution >= 4 is 57.5 Å². The number of benzene rings is 1. The number of fused-ring (bicyclic) bond motifs is 2. The van der Waals surface area contributed by atoms with Crippen LogP contribution in [0.2, 0.25) is 10.0 Å². The lowest BCUT2D eigenvalue weighted by Gasteiger charge is -2.29. The first-order valence-corrected chi connectivity index (χ1v) is 13.8. The van der Waals surface area contributed by atoms with Gasteiger partial charge in [0.25, 0.3) is 5.91 Å². The summed E-state index contributed by atoms with van der Waals surface area (Å²) in [4.78, 5) is 56.9. The Morgan fingerprint density at radius 3 is 2.68 bits per heavy atom. The molecule has 204 valence electrons. The summed E-state index contributed by atoms with van der Waals surface area (Å²) in [6, 6.07) is 1.48. The number of aromatic nitrogens is 1. The second-order valence-corrected chi connectivity index (χ2v) is 11.4. The Labute approximate surface area is 230 Å². The van der Waals surface area contributed by atoms with Crippen LogP contribution in [0.5, 0.6) is 5.75 Å². The Hall–Kier alpha value is -2.62. The number of hydrogen-bond acceptors (Lipinski definition) is 6. The second kappa shape index (κ2) is 10.9. The summed E-state index contributed by atoms with van der Waals surface area (Å²) < 4.78 is 5.41.